The molecule has 7 nitrogen and oxygen atoms in total. The zero-order chi connectivity index (χ0) is 25.6. The van der Waals surface area contributed by atoms with Gasteiger partial charge in [-0.1, -0.05) is 54.6 Å². The van der Waals surface area contributed by atoms with Gasteiger partial charge >= 0.3 is 6.09 Å². The SMILES string of the molecule is CC1=C(CCCNC(=O)[C@H](Cc2ccccc2)NC(=O)OC(C)(C)C)C(=O)c2ccccc2C1=O. The van der Waals surface area contributed by atoms with E-state index in [1.807, 2.05) is 30.3 Å². The van der Waals surface area contributed by atoms with Gasteiger partial charge in [-0.05, 0) is 46.1 Å². The first-order valence-corrected chi connectivity index (χ1v) is 11.8. The standard InChI is InChI=1S/C28H32N2O5/c1-18-20(25(32)22-14-9-8-13-21(22)24(18)31)15-10-16-29-26(33)23(17-19-11-6-5-7-12-19)30-27(34)35-28(2,3)4/h5-9,11-14,23H,10,15-17H2,1-4H3,(H,29,33)(H,30,34)/t23-/m0/s1. The van der Waals surface area contributed by atoms with Gasteiger partial charge in [-0.25, -0.2) is 4.79 Å². The number of hydrogen-bond acceptors (Lipinski definition) is 5. The number of amides is 2. The summed E-state index contributed by atoms with van der Waals surface area (Å²) in [4.78, 5) is 50.8. The summed E-state index contributed by atoms with van der Waals surface area (Å²) in [6.45, 7) is 7.23. The van der Waals surface area contributed by atoms with E-state index >= 15 is 0 Å². The summed E-state index contributed by atoms with van der Waals surface area (Å²) in [5.74, 6) is -0.622. The van der Waals surface area contributed by atoms with E-state index in [1.54, 1.807) is 52.0 Å². The van der Waals surface area contributed by atoms with Crippen molar-refractivity contribution in [3.8, 4) is 0 Å². The molecule has 2 N–H and O–H groups in total. The zero-order valence-electron chi connectivity index (χ0n) is 20.6. The highest BCUT2D eigenvalue weighted by molar-refractivity contribution is 6.26. The molecule has 0 spiro atoms. The minimum atomic E-state index is -0.821. The molecule has 0 unspecified atom stereocenters. The number of fused-ring (bicyclic) bond motifs is 1. The number of carbonyl (C=O) groups excluding carboxylic acids is 4. The van der Waals surface area contributed by atoms with Crippen LogP contribution in [0.15, 0.2) is 65.7 Å². The summed E-state index contributed by atoms with van der Waals surface area (Å²) >= 11 is 0. The Morgan fingerprint density at radius 1 is 0.914 bits per heavy atom. The van der Waals surface area contributed by atoms with E-state index in [4.69, 9.17) is 4.74 Å². The van der Waals surface area contributed by atoms with Crippen molar-refractivity contribution in [2.45, 2.75) is 58.6 Å². The fourth-order valence-electron chi connectivity index (χ4n) is 3.96. The number of allylic oxidation sites excluding steroid dienone is 2. The maximum absolute atomic E-state index is 12.9. The van der Waals surface area contributed by atoms with E-state index in [-0.39, 0.29) is 17.5 Å². The summed E-state index contributed by atoms with van der Waals surface area (Å²) in [5.41, 5.74) is 2.00. The monoisotopic (exact) mass is 476 g/mol. The molecule has 2 aromatic rings. The van der Waals surface area contributed by atoms with Crippen LogP contribution in [-0.2, 0) is 16.0 Å². The van der Waals surface area contributed by atoms with E-state index in [9.17, 15) is 19.2 Å². The summed E-state index contributed by atoms with van der Waals surface area (Å²) in [6.07, 6.45) is 0.483. The van der Waals surface area contributed by atoms with Crippen molar-refractivity contribution in [2.75, 3.05) is 6.54 Å². The van der Waals surface area contributed by atoms with Gasteiger partial charge in [0.25, 0.3) is 0 Å². The molecule has 0 fully saturated rings. The first kappa shape index (κ1) is 25.9. The van der Waals surface area contributed by atoms with Crippen molar-refractivity contribution in [2.24, 2.45) is 0 Å². The van der Waals surface area contributed by atoms with Crippen LogP contribution in [0.2, 0.25) is 0 Å². The number of benzene rings is 2. The van der Waals surface area contributed by atoms with Crippen LogP contribution in [0.5, 0.6) is 0 Å². The van der Waals surface area contributed by atoms with Gasteiger partial charge < -0.3 is 15.4 Å². The van der Waals surface area contributed by atoms with E-state index < -0.39 is 17.7 Å². The largest absolute Gasteiger partial charge is 0.444 e. The van der Waals surface area contributed by atoms with Gasteiger partial charge in [0.15, 0.2) is 11.6 Å². The molecule has 7 heteroatoms. The van der Waals surface area contributed by atoms with Crippen LogP contribution in [0, 0.1) is 0 Å². The van der Waals surface area contributed by atoms with Crippen LogP contribution in [-0.4, -0.2) is 41.8 Å². The Kier molecular flexibility index (Phi) is 8.22. The van der Waals surface area contributed by atoms with Crippen LogP contribution >= 0.6 is 0 Å². The van der Waals surface area contributed by atoms with Crippen molar-refractivity contribution in [3.05, 3.63) is 82.4 Å². The second kappa shape index (κ2) is 11.1. The number of rotatable bonds is 8. The lowest BCUT2D eigenvalue weighted by Gasteiger charge is -2.23. The van der Waals surface area contributed by atoms with Crippen molar-refractivity contribution in [3.63, 3.8) is 0 Å². The Morgan fingerprint density at radius 3 is 2.14 bits per heavy atom. The molecule has 35 heavy (non-hydrogen) atoms. The Balaban J connectivity index is 1.61. The van der Waals surface area contributed by atoms with Crippen LogP contribution in [0.4, 0.5) is 4.79 Å². The second-order valence-electron chi connectivity index (χ2n) is 9.59. The molecule has 0 bridgehead atoms. The number of alkyl carbamates (subject to hydrolysis) is 1. The number of ketones is 2. The highest BCUT2D eigenvalue weighted by atomic mass is 16.6. The molecule has 0 heterocycles. The summed E-state index contributed by atoms with van der Waals surface area (Å²) in [6, 6.07) is 15.4. The Hall–Kier alpha value is -3.74. The first-order chi connectivity index (χ1) is 16.6. The zero-order valence-corrected chi connectivity index (χ0v) is 20.6. The fraction of sp³-hybridized carbons (Fsp3) is 0.357. The van der Waals surface area contributed by atoms with Crippen LogP contribution in [0.1, 0.15) is 66.8 Å². The topological polar surface area (TPSA) is 102 Å². The van der Waals surface area contributed by atoms with Gasteiger partial charge in [0.1, 0.15) is 11.6 Å². The normalized spacial score (nSPS) is 14.3. The summed E-state index contributed by atoms with van der Waals surface area (Å²) < 4.78 is 5.32. The average Bonchev–Trinajstić information content (AvgIpc) is 2.81. The number of ether oxygens (including phenoxy) is 1. The van der Waals surface area contributed by atoms with Crippen LogP contribution in [0.25, 0.3) is 0 Å². The quantitative estimate of drug-likeness (QED) is 0.550. The molecule has 3 rings (SSSR count). The van der Waals surface area contributed by atoms with Crippen LogP contribution in [0.3, 0.4) is 0 Å². The molecule has 1 atom stereocenters. The molecular weight excluding hydrogens is 444 g/mol. The van der Waals surface area contributed by atoms with Crippen molar-refractivity contribution < 1.29 is 23.9 Å². The molecule has 2 aromatic carbocycles. The predicted molar refractivity (Wildman–Crippen MR) is 133 cm³/mol. The lowest BCUT2D eigenvalue weighted by Crippen LogP contribution is -2.49. The van der Waals surface area contributed by atoms with Gasteiger partial charge in [-0.15, -0.1) is 0 Å². The number of Topliss-reactive ketones (excluding diaryl/α,β-unsaturated/α-hetero) is 2. The number of nitrogens with one attached hydrogen (secondary N) is 2. The average molecular weight is 477 g/mol. The molecule has 0 saturated carbocycles. The lowest BCUT2D eigenvalue weighted by molar-refractivity contribution is -0.123. The third kappa shape index (κ3) is 6.88. The second-order valence-corrected chi connectivity index (χ2v) is 9.59. The van der Waals surface area contributed by atoms with Gasteiger partial charge in [-0.3, -0.25) is 14.4 Å². The molecule has 0 radical (unpaired) electrons. The third-order valence-corrected chi connectivity index (χ3v) is 5.68. The summed E-state index contributed by atoms with van der Waals surface area (Å²) in [7, 11) is 0. The first-order valence-electron chi connectivity index (χ1n) is 11.8. The molecular formula is C28H32N2O5. The Morgan fingerprint density at radius 2 is 1.51 bits per heavy atom. The van der Waals surface area contributed by atoms with Crippen molar-refractivity contribution in [1.82, 2.24) is 10.6 Å². The van der Waals surface area contributed by atoms with Crippen molar-refractivity contribution >= 4 is 23.6 Å². The smallest absolute Gasteiger partial charge is 0.408 e. The fourth-order valence-corrected chi connectivity index (χ4v) is 3.96. The van der Waals surface area contributed by atoms with Gasteiger partial charge in [0.05, 0.1) is 0 Å². The molecule has 0 aromatic heterocycles. The molecule has 1 aliphatic rings. The van der Waals surface area contributed by atoms with Gasteiger partial charge in [0.2, 0.25) is 5.91 Å². The Bertz CT molecular complexity index is 1150. The highest BCUT2D eigenvalue weighted by Crippen LogP contribution is 2.28. The molecule has 1 aliphatic carbocycles. The Labute approximate surface area is 205 Å². The maximum Gasteiger partial charge on any atom is 0.408 e. The summed E-state index contributed by atoms with van der Waals surface area (Å²) in [5, 5.41) is 5.50. The van der Waals surface area contributed by atoms with E-state index in [2.05, 4.69) is 10.6 Å². The predicted octanol–water partition coefficient (Wildman–Crippen LogP) is 4.41. The van der Waals surface area contributed by atoms with Crippen LogP contribution < -0.4 is 10.6 Å². The van der Waals surface area contributed by atoms with Gasteiger partial charge in [-0.2, -0.15) is 0 Å². The molecule has 2 amide bonds. The van der Waals surface area contributed by atoms with E-state index in [0.29, 0.717) is 48.1 Å². The van der Waals surface area contributed by atoms with E-state index in [1.165, 1.54) is 0 Å². The molecule has 0 aliphatic heterocycles. The molecule has 0 saturated heterocycles. The minimum absolute atomic E-state index is 0.135. The number of carbonyl (C=O) groups is 4. The van der Waals surface area contributed by atoms with E-state index in [0.717, 1.165) is 5.56 Å². The highest BCUT2D eigenvalue weighted by Gasteiger charge is 2.29. The minimum Gasteiger partial charge on any atom is -0.444 e. The molecule has 184 valence electrons. The van der Waals surface area contributed by atoms with Crippen molar-refractivity contribution in [1.29, 1.82) is 0 Å². The number of hydrogen-bond donors (Lipinski definition) is 2. The van der Waals surface area contributed by atoms with Gasteiger partial charge in [0, 0.05) is 35.2 Å². The lowest BCUT2D eigenvalue weighted by atomic mass is 9.83. The third-order valence-electron chi connectivity index (χ3n) is 5.68. The maximum atomic E-state index is 12.9.